The summed E-state index contributed by atoms with van der Waals surface area (Å²) in [5.74, 6) is 0. The van der Waals surface area contributed by atoms with Gasteiger partial charge in [-0.1, -0.05) is 182 Å². The number of benzene rings is 10. The van der Waals surface area contributed by atoms with Gasteiger partial charge in [0, 0.05) is 27.8 Å². The van der Waals surface area contributed by atoms with E-state index in [1.807, 2.05) is 0 Å². The van der Waals surface area contributed by atoms with E-state index < -0.39 is 5.41 Å². The monoisotopic (exact) mass is 774 g/mol. The van der Waals surface area contributed by atoms with Crippen molar-refractivity contribution in [3.8, 4) is 39.1 Å². The molecule has 11 aromatic rings. The Morgan fingerprint density at radius 2 is 0.869 bits per heavy atom. The van der Waals surface area contributed by atoms with Crippen molar-refractivity contribution in [1.82, 2.24) is 4.57 Å². The first-order valence-electron chi connectivity index (χ1n) is 21.2. The van der Waals surface area contributed by atoms with Gasteiger partial charge in [0.15, 0.2) is 0 Å². The number of rotatable bonds is 5. The minimum Gasteiger partial charge on any atom is -0.310 e. The molecule has 0 N–H and O–H groups in total. The van der Waals surface area contributed by atoms with Gasteiger partial charge in [-0.2, -0.15) is 0 Å². The molecule has 0 radical (unpaired) electrons. The second-order valence-corrected chi connectivity index (χ2v) is 16.4. The molecule has 0 amide bonds. The Kier molecular flexibility index (Phi) is 7.26. The van der Waals surface area contributed by atoms with E-state index in [0.717, 1.165) is 17.1 Å². The van der Waals surface area contributed by atoms with Gasteiger partial charge in [0.25, 0.3) is 0 Å². The summed E-state index contributed by atoms with van der Waals surface area (Å²) in [5.41, 5.74) is 19.2. The molecule has 2 nitrogen and oxygen atoms in total. The third kappa shape index (κ3) is 4.79. The average Bonchev–Trinajstić information content (AvgIpc) is 3.83. The van der Waals surface area contributed by atoms with Crippen molar-refractivity contribution in [3.05, 3.63) is 253 Å². The Hall–Kier alpha value is -7.94. The number of fused-ring (bicyclic) bond motifs is 13. The SMILES string of the molecule is c1ccc(-c2ccccc2-c2ccc(N(c3ccc4c(c3)C3(c5ccccc5-c5ccccc53)c3cccc5c6ccccc6n-4c35)c3ccc4ccccc4c3)cc2)cc1. The molecule has 2 heterocycles. The predicted octanol–water partition coefficient (Wildman–Crippen LogP) is 15.4. The minimum absolute atomic E-state index is 0.539. The highest BCUT2D eigenvalue weighted by Crippen LogP contribution is 2.61. The summed E-state index contributed by atoms with van der Waals surface area (Å²) in [5, 5.41) is 5.00. The highest BCUT2D eigenvalue weighted by molar-refractivity contribution is 6.13. The molecule has 284 valence electrons. The lowest BCUT2D eigenvalue weighted by atomic mass is 9.65. The third-order valence-corrected chi connectivity index (χ3v) is 13.4. The molecule has 1 spiro atoms. The van der Waals surface area contributed by atoms with Crippen LogP contribution in [0.2, 0.25) is 0 Å². The van der Waals surface area contributed by atoms with Crippen molar-refractivity contribution in [2.75, 3.05) is 4.90 Å². The number of aromatic nitrogens is 1. The van der Waals surface area contributed by atoms with Crippen molar-refractivity contribution in [2.45, 2.75) is 5.41 Å². The lowest BCUT2D eigenvalue weighted by Crippen LogP contribution is -2.33. The molecule has 10 aromatic carbocycles. The van der Waals surface area contributed by atoms with Crippen molar-refractivity contribution >= 4 is 49.6 Å². The van der Waals surface area contributed by atoms with E-state index in [0.29, 0.717) is 0 Å². The van der Waals surface area contributed by atoms with Crippen LogP contribution in [0.4, 0.5) is 17.1 Å². The zero-order valence-electron chi connectivity index (χ0n) is 33.3. The van der Waals surface area contributed by atoms with Gasteiger partial charge >= 0.3 is 0 Å². The number of para-hydroxylation sites is 2. The maximum absolute atomic E-state index is 2.53. The number of anilines is 3. The predicted molar refractivity (Wildman–Crippen MR) is 255 cm³/mol. The fourth-order valence-electron chi connectivity index (χ4n) is 10.8. The van der Waals surface area contributed by atoms with E-state index >= 15 is 0 Å². The van der Waals surface area contributed by atoms with Gasteiger partial charge in [-0.05, 0) is 115 Å². The van der Waals surface area contributed by atoms with E-state index in [4.69, 9.17) is 0 Å². The van der Waals surface area contributed by atoms with Crippen LogP contribution < -0.4 is 4.90 Å². The first-order valence-corrected chi connectivity index (χ1v) is 21.2. The fourth-order valence-corrected chi connectivity index (χ4v) is 10.8. The average molecular weight is 775 g/mol. The summed E-state index contributed by atoms with van der Waals surface area (Å²) in [4.78, 5) is 2.45. The molecule has 2 heteroatoms. The smallest absolute Gasteiger partial charge is 0.0755 e. The Balaban J connectivity index is 1.08. The first-order chi connectivity index (χ1) is 30.3. The molecule has 13 rings (SSSR count). The minimum atomic E-state index is -0.539. The Morgan fingerprint density at radius 1 is 0.328 bits per heavy atom. The summed E-state index contributed by atoms with van der Waals surface area (Å²) in [6.07, 6.45) is 0. The summed E-state index contributed by atoms with van der Waals surface area (Å²) in [6.45, 7) is 0. The molecule has 0 fully saturated rings. The van der Waals surface area contributed by atoms with E-state index in [1.165, 1.54) is 93.9 Å². The van der Waals surface area contributed by atoms with Crippen LogP contribution in [0.25, 0.3) is 71.6 Å². The van der Waals surface area contributed by atoms with E-state index in [2.05, 4.69) is 240 Å². The molecular formula is C59H38N2. The Morgan fingerprint density at radius 3 is 1.62 bits per heavy atom. The largest absolute Gasteiger partial charge is 0.310 e. The molecule has 1 aliphatic carbocycles. The van der Waals surface area contributed by atoms with Crippen LogP contribution in [0.1, 0.15) is 22.3 Å². The van der Waals surface area contributed by atoms with Gasteiger partial charge in [-0.3, -0.25) is 0 Å². The van der Waals surface area contributed by atoms with E-state index in [9.17, 15) is 0 Å². The summed E-state index contributed by atoms with van der Waals surface area (Å²) in [6, 6.07) is 85.4. The fraction of sp³-hybridized carbons (Fsp3) is 0.0169. The van der Waals surface area contributed by atoms with E-state index in [1.54, 1.807) is 0 Å². The van der Waals surface area contributed by atoms with Gasteiger partial charge in [-0.15, -0.1) is 0 Å². The van der Waals surface area contributed by atoms with Crippen molar-refractivity contribution in [1.29, 1.82) is 0 Å². The quantitative estimate of drug-likeness (QED) is 0.169. The van der Waals surface area contributed by atoms with Crippen molar-refractivity contribution < 1.29 is 0 Å². The molecule has 0 saturated heterocycles. The zero-order chi connectivity index (χ0) is 40.1. The van der Waals surface area contributed by atoms with Crippen LogP contribution >= 0.6 is 0 Å². The molecule has 0 atom stereocenters. The van der Waals surface area contributed by atoms with Crippen LogP contribution in [-0.2, 0) is 5.41 Å². The van der Waals surface area contributed by atoms with Gasteiger partial charge in [-0.25, -0.2) is 0 Å². The summed E-state index contributed by atoms with van der Waals surface area (Å²) >= 11 is 0. The standard InChI is InChI=1S/C59H38N2/c1-2-16-40(17-3-1)46-19-6-7-20-47(46)41-30-32-43(33-31-41)60(44-34-29-39-15-4-5-18-42(39)37-44)45-35-36-57-55(38-45)59(52-25-11-8-21-48(52)49-22-9-12-26-53(49)59)54-27-14-24-51-50-23-10-13-28-56(50)61(57)58(51)54/h1-38H. The third-order valence-electron chi connectivity index (χ3n) is 13.4. The molecule has 1 aliphatic heterocycles. The highest BCUT2D eigenvalue weighted by atomic mass is 15.1. The lowest BCUT2D eigenvalue weighted by Gasteiger charge is -2.40. The second-order valence-electron chi connectivity index (χ2n) is 16.4. The maximum atomic E-state index is 2.53. The normalized spacial score (nSPS) is 13.0. The second kappa shape index (κ2) is 13.0. The first kappa shape index (κ1) is 34.0. The van der Waals surface area contributed by atoms with Crippen LogP contribution in [0.5, 0.6) is 0 Å². The van der Waals surface area contributed by atoms with Crippen molar-refractivity contribution in [2.24, 2.45) is 0 Å². The number of hydrogen-bond donors (Lipinski definition) is 0. The summed E-state index contributed by atoms with van der Waals surface area (Å²) < 4.78 is 2.53. The van der Waals surface area contributed by atoms with Crippen LogP contribution in [-0.4, -0.2) is 4.57 Å². The number of nitrogens with zero attached hydrogens (tertiary/aromatic N) is 2. The molecule has 0 saturated carbocycles. The lowest BCUT2D eigenvalue weighted by molar-refractivity contribution is 0.748. The van der Waals surface area contributed by atoms with Gasteiger partial charge < -0.3 is 9.47 Å². The highest BCUT2D eigenvalue weighted by Gasteiger charge is 2.51. The van der Waals surface area contributed by atoms with Gasteiger partial charge in [0.05, 0.1) is 22.1 Å². The Labute approximate surface area is 354 Å². The van der Waals surface area contributed by atoms with Crippen molar-refractivity contribution in [3.63, 3.8) is 0 Å². The van der Waals surface area contributed by atoms with E-state index in [-0.39, 0.29) is 0 Å². The van der Waals surface area contributed by atoms with Crippen LogP contribution in [0, 0.1) is 0 Å². The zero-order valence-corrected chi connectivity index (χ0v) is 33.3. The van der Waals surface area contributed by atoms with Gasteiger partial charge in [0.2, 0.25) is 0 Å². The molecular weight excluding hydrogens is 737 g/mol. The van der Waals surface area contributed by atoms with Crippen LogP contribution in [0.3, 0.4) is 0 Å². The molecule has 61 heavy (non-hydrogen) atoms. The molecule has 0 unspecified atom stereocenters. The number of hydrogen-bond acceptors (Lipinski definition) is 1. The topological polar surface area (TPSA) is 8.17 Å². The maximum Gasteiger partial charge on any atom is 0.0755 e. The molecule has 1 aromatic heterocycles. The van der Waals surface area contributed by atoms with Crippen LogP contribution in [0.15, 0.2) is 231 Å². The summed E-state index contributed by atoms with van der Waals surface area (Å²) in [7, 11) is 0. The molecule has 0 bridgehead atoms. The molecule has 2 aliphatic rings. The van der Waals surface area contributed by atoms with Gasteiger partial charge in [0.1, 0.15) is 0 Å². The Bertz CT molecular complexity index is 3490.